The number of hydrogen-bond donors (Lipinski definition) is 3. The van der Waals surface area contributed by atoms with Gasteiger partial charge in [0.25, 0.3) is 5.91 Å². The second kappa shape index (κ2) is 7.55. The maximum atomic E-state index is 12.0. The van der Waals surface area contributed by atoms with Gasteiger partial charge in [0.15, 0.2) is 6.10 Å². The molecule has 0 unspecified atom stereocenters. The van der Waals surface area contributed by atoms with Gasteiger partial charge >= 0.3 is 12.0 Å². The van der Waals surface area contributed by atoms with Crippen molar-refractivity contribution >= 4 is 40.1 Å². The van der Waals surface area contributed by atoms with Crippen LogP contribution < -0.4 is 16.4 Å². The van der Waals surface area contributed by atoms with Crippen molar-refractivity contribution in [1.82, 2.24) is 9.69 Å². The third-order valence-electron chi connectivity index (χ3n) is 3.01. The Balaban J connectivity index is 1.90. The van der Waals surface area contributed by atoms with Crippen molar-refractivity contribution in [3.05, 3.63) is 41.6 Å². The Morgan fingerprint density at radius 1 is 1.25 bits per heavy atom. The van der Waals surface area contributed by atoms with Gasteiger partial charge in [0.1, 0.15) is 10.6 Å². The van der Waals surface area contributed by atoms with E-state index in [1.165, 1.54) is 6.92 Å². The first-order valence-electron chi connectivity index (χ1n) is 6.98. The number of urea groups is 1. The Bertz CT molecular complexity index is 741. The molecule has 9 heteroatoms. The first-order valence-corrected chi connectivity index (χ1v) is 7.75. The summed E-state index contributed by atoms with van der Waals surface area (Å²) in [5, 5.41) is 4.80. The fourth-order valence-electron chi connectivity index (χ4n) is 1.81. The zero-order valence-electron chi connectivity index (χ0n) is 13.0. The standard InChI is InChI=1S/C15H16N4O4S/c1-8-11(12(16)24-19-8)14(21)23-9(2)13(20)18-15(22)17-10-6-4-3-5-7-10/h3-7,9H,16H2,1-2H3,(H2,17,18,20,22)/t9-/m0/s1. The van der Waals surface area contributed by atoms with Gasteiger partial charge in [0.2, 0.25) is 0 Å². The molecule has 8 nitrogen and oxygen atoms in total. The second-order valence-corrected chi connectivity index (χ2v) is 5.67. The van der Waals surface area contributed by atoms with Crippen molar-refractivity contribution in [3.8, 4) is 0 Å². The molecule has 126 valence electrons. The Kier molecular flexibility index (Phi) is 5.48. The minimum Gasteiger partial charge on any atom is -0.449 e. The fourth-order valence-corrected chi connectivity index (χ4v) is 2.45. The van der Waals surface area contributed by atoms with E-state index in [-0.39, 0.29) is 10.6 Å². The van der Waals surface area contributed by atoms with Crippen molar-refractivity contribution in [2.24, 2.45) is 0 Å². The van der Waals surface area contributed by atoms with Crippen LogP contribution in [0, 0.1) is 6.92 Å². The molecule has 1 heterocycles. The van der Waals surface area contributed by atoms with Gasteiger partial charge in [-0.2, -0.15) is 4.37 Å². The lowest BCUT2D eigenvalue weighted by molar-refractivity contribution is -0.127. The number of aromatic nitrogens is 1. The minimum atomic E-state index is -1.17. The summed E-state index contributed by atoms with van der Waals surface area (Å²) in [6.07, 6.45) is -1.17. The van der Waals surface area contributed by atoms with Crippen LogP contribution in [0.1, 0.15) is 23.0 Å². The van der Waals surface area contributed by atoms with E-state index in [0.29, 0.717) is 11.4 Å². The van der Waals surface area contributed by atoms with Crippen LogP contribution in [0.3, 0.4) is 0 Å². The van der Waals surface area contributed by atoms with Crippen molar-refractivity contribution in [3.63, 3.8) is 0 Å². The predicted octanol–water partition coefficient (Wildman–Crippen LogP) is 1.93. The zero-order chi connectivity index (χ0) is 17.7. The summed E-state index contributed by atoms with van der Waals surface area (Å²) in [6.45, 7) is 2.97. The number of para-hydroxylation sites is 1. The summed E-state index contributed by atoms with van der Waals surface area (Å²) in [7, 11) is 0. The van der Waals surface area contributed by atoms with Crippen LogP contribution in [0.2, 0.25) is 0 Å². The van der Waals surface area contributed by atoms with E-state index in [1.807, 2.05) is 0 Å². The molecule has 2 aromatic rings. The third kappa shape index (κ3) is 4.29. The molecule has 1 atom stereocenters. The summed E-state index contributed by atoms with van der Waals surface area (Å²) < 4.78 is 8.96. The molecule has 0 bridgehead atoms. The molecule has 1 aromatic heterocycles. The number of amides is 3. The maximum Gasteiger partial charge on any atom is 0.343 e. The lowest BCUT2D eigenvalue weighted by atomic mass is 10.2. The van der Waals surface area contributed by atoms with Gasteiger partial charge in [-0.05, 0) is 37.5 Å². The molecule has 0 aliphatic rings. The summed E-state index contributed by atoms with van der Waals surface area (Å²) >= 11 is 0.969. The number of nitrogen functional groups attached to an aromatic ring is 1. The summed E-state index contributed by atoms with van der Waals surface area (Å²) in [4.78, 5) is 35.7. The zero-order valence-corrected chi connectivity index (χ0v) is 13.8. The lowest BCUT2D eigenvalue weighted by Gasteiger charge is -2.13. The molecule has 0 saturated heterocycles. The van der Waals surface area contributed by atoms with Crippen LogP contribution in [-0.2, 0) is 9.53 Å². The van der Waals surface area contributed by atoms with E-state index in [0.717, 1.165) is 11.5 Å². The fraction of sp³-hybridized carbons (Fsp3) is 0.200. The van der Waals surface area contributed by atoms with E-state index in [4.69, 9.17) is 10.5 Å². The molecule has 2 rings (SSSR count). The van der Waals surface area contributed by atoms with E-state index in [9.17, 15) is 14.4 Å². The average Bonchev–Trinajstić information content (AvgIpc) is 2.86. The molecule has 3 amide bonds. The number of nitrogens with two attached hydrogens (primary N) is 1. The number of rotatable bonds is 4. The van der Waals surface area contributed by atoms with Gasteiger partial charge in [0.05, 0.1) is 5.69 Å². The Hall–Kier alpha value is -2.94. The number of hydrogen-bond acceptors (Lipinski definition) is 7. The summed E-state index contributed by atoms with van der Waals surface area (Å²) in [5.41, 5.74) is 6.74. The number of carbonyl (C=O) groups excluding carboxylic acids is 3. The molecular formula is C15H16N4O4S. The number of carbonyl (C=O) groups is 3. The number of nitrogens with one attached hydrogen (secondary N) is 2. The lowest BCUT2D eigenvalue weighted by Crippen LogP contribution is -2.41. The van der Waals surface area contributed by atoms with Gasteiger partial charge in [-0.3, -0.25) is 10.1 Å². The number of nitrogens with zero attached hydrogens (tertiary/aromatic N) is 1. The third-order valence-corrected chi connectivity index (χ3v) is 3.78. The van der Waals surface area contributed by atoms with Crippen molar-refractivity contribution in [2.75, 3.05) is 11.1 Å². The SMILES string of the molecule is Cc1nsc(N)c1C(=O)O[C@@H](C)C(=O)NC(=O)Nc1ccccc1. The van der Waals surface area contributed by atoms with Gasteiger partial charge in [-0.25, -0.2) is 9.59 Å². The quantitative estimate of drug-likeness (QED) is 0.725. The monoisotopic (exact) mass is 348 g/mol. The van der Waals surface area contributed by atoms with Crippen LogP contribution in [0.4, 0.5) is 15.5 Å². The highest BCUT2D eigenvalue weighted by atomic mass is 32.1. The molecule has 1 aromatic carbocycles. The first-order chi connectivity index (χ1) is 11.4. The summed E-state index contributed by atoms with van der Waals surface area (Å²) in [5.74, 6) is -1.51. The Morgan fingerprint density at radius 2 is 1.92 bits per heavy atom. The Labute approximate surface area is 142 Å². The molecule has 0 aliphatic heterocycles. The number of anilines is 2. The number of benzene rings is 1. The minimum absolute atomic E-state index is 0.133. The van der Waals surface area contributed by atoms with Crippen LogP contribution in [0.5, 0.6) is 0 Å². The number of esters is 1. The number of aryl methyl sites for hydroxylation is 1. The smallest absolute Gasteiger partial charge is 0.343 e. The molecule has 24 heavy (non-hydrogen) atoms. The molecule has 4 N–H and O–H groups in total. The molecule has 0 spiro atoms. The van der Waals surface area contributed by atoms with E-state index < -0.39 is 24.0 Å². The predicted molar refractivity (Wildman–Crippen MR) is 89.7 cm³/mol. The van der Waals surface area contributed by atoms with Crippen LogP contribution >= 0.6 is 11.5 Å². The van der Waals surface area contributed by atoms with Gasteiger partial charge < -0.3 is 15.8 Å². The highest BCUT2D eigenvalue weighted by Gasteiger charge is 2.24. The van der Waals surface area contributed by atoms with Crippen LogP contribution in [-0.4, -0.2) is 28.4 Å². The molecule has 0 aliphatic carbocycles. The molecule has 0 radical (unpaired) electrons. The van der Waals surface area contributed by atoms with Gasteiger partial charge in [-0.15, -0.1) is 0 Å². The normalized spacial score (nSPS) is 11.4. The topological polar surface area (TPSA) is 123 Å². The van der Waals surface area contributed by atoms with Crippen LogP contribution in [0.15, 0.2) is 30.3 Å². The second-order valence-electron chi connectivity index (χ2n) is 4.86. The largest absolute Gasteiger partial charge is 0.449 e. The molecule has 0 fully saturated rings. The maximum absolute atomic E-state index is 12.0. The van der Waals surface area contributed by atoms with Crippen LogP contribution in [0.25, 0.3) is 0 Å². The van der Waals surface area contributed by atoms with E-state index in [1.54, 1.807) is 37.3 Å². The van der Waals surface area contributed by atoms with E-state index >= 15 is 0 Å². The molecule has 0 saturated carbocycles. The summed E-state index contributed by atoms with van der Waals surface area (Å²) in [6, 6.07) is 7.89. The highest BCUT2D eigenvalue weighted by molar-refractivity contribution is 7.10. The van der Waals surface area contributed by atoms with Crippen molar-refractivity contribution in [2.45, 2.75) is 20.0 Å². The number of imide groups is 1. The van der Waals surface area contributed by atoms with Gasteiger partial charge in [0, 0.05) is 5.69 Å². The molecular weight excluding hydrogens is 332 g/mol. The number of ether oxygens (including phenoxy) is 1. The average molecular weight is 348 g/mol. The highest BCUT2D eigenvalue weighted by Crippen LogP contribution is 2.22. The Morgan fingerprint density at radius 3 is 2.50 bits per heavy atom. The van der Waals surface area contributed by atoms with Crippen molar-refractivity contribution in [1.29, 1.82) is 0 Å². The van der Waals surface area contributed by atoms with E-state index in [2.05, 4.69) is 15.0 Å². The first kappa shape index (κ1) is 17.4. The van der Waals surface area contributed by atoms with Crippen molar-refractivity contribution < 1.29 is 19.1 Å². The van der Waals surface area contributed by atoms with Gasteiger partial charge in [-0.1, -0.05) is 18.2 Å².